The molecule has 0 saturated heterocycles. The molecule has 0 aromatic carbocycles. The average molecular weight is 389 g/mol. The van der Waals surface area contributed by atoms with Crippen molar-refractivity contribution in [1.29, 1.82) is 0 Å². The largest absolute Gasteiger partial charge is 0.481 e. The van der Waals surface area contributed by atoms with Crippen molar-refractivity contribution in [1.82, 2.24) is 5.32 Å². The number of rotatable bonds is 15. The van der Waals surface area contributed by atoms with Crippen LogP contribution in [0.5, 0.6) is 0 Å². The zero-order valence-electron chi connectivity index (χ0n) is 16.9. The minimum Gasteiger partial charge on any atom is -0.481 e. The fourth-order valence-corrected chi connectivity index (χ4v) is 2.40. The Balaban J connectivity index is 3.93. The third-order valence-corrected chi connectivity index (χ3v) is 3.71. The van der Waals surface area contributed by atoms with E-state index in [1.54, 1.807) is 20.8 Å². The highest BCUT2D eigenvalue weighted by atomic mass is 16.6. The predicted molar refractivity (Wildman–Crippen MR) is 102 cm³/mol. The minimum atomic E-state index is -0.741. The van der Waals surface area contributed by atoms with Crippen molar-refractivity contribution in [3.63, 3.8) is 0 Å². The van der Waals surface area contributed by atoms with Gasteiger partial charge < -0.3 is 25.6 Å². The average Bonchev–Trinajstić information content (AvgIpc) is 2.51. The van der Waals surface area contributed by atoms with Gasteiger partial charge >= 0.3 is 12.1 Å². The maximum absolute atomic E-state index is 11.9. The summed E-state index contributed by atoms with van der Waals surface area (Å²) in [5, 5.41) is 11.3. The predicted octanol–water partition coefficient (Wildman–Crippen LogP) is 2.98. The molecule has 27 heavy (non-hydrogen) atoms. The summed E-state index contributed by atoms with van der Waals surface area (Å²) in [6.45, 7) is 6.21. The van der Waals surface area contributed by atoms with E-state index in [1.165, 1.54) is 0 Å². The lowest BCUT2D eigenvalue weighted by atomic mass is 10.1. The molecule has 158 valence electrons. The number of primary amides is 1. The SMILES string of the molecule is CC(C)(C)OC(=O)N[C@@H](CCC(N)=O)COCCCCCCCCC(=O)O. The van der Waals surface area contributed by atoms with Crippen molar-refractivity contribution in [2.45, 2.75) is 90.2 Å². The highest BCUT2D eigenvalue weighted by Crippen LogP contribution is 2.09. The normalized spacial score (nSPS) is 12.4. The van der Waals surface area contributed by atoms with Gasteiger partial charge in [-0.2, -0.15) is 0 Å². The molecule has 0 aromatic rings. The first kappa shape index (κ1) is 25.2. The lowest BCUT2D eigenvalue weighted by molar-refractivity contribution is -0.137. The summed E-state index contributed by atoms with van der Waals surface area (Å²) in [5.41, 5.74) is 4.58. The quantitative estimate of drug-likeness (QED) is 0.370. The van der Waals surface area contributed by atoms with Crippen LogP contribution in [0.3, 0.4) is 0 Å². The molecule has 0 fully saturated rings. The highest BCUT2D eigenvalue weighted by Gasteiger charge is 2.20. The molecule has 0 spiro atoms. The molecule has 4 N–H and O–H groups in total. The van der Waals surface area contributed by atoms with E-state index in [-0.39, 0.29) is 18.9 Å². The van der Waals surface area contributed by atoms with E-state index in [4.69, 9.17) is 20.3 Å². The summed E-state index contributed by atoms with van der Waals surface area (Å²) in [5.74, 6) is -1.16. The standard InChI is InChI=1S/C19H36N2O6/c1-19(2,3)27-18(25)21-15(11-12-16(20)22)14-26-13-9-7-5-4-6-8-10-17(23)24/h15H,4-14H2,1-3H3,(H2,20,22)(H,21,25)(H,23,24)/t15-/m0/s1. The van der Waals surface area contributed by atoms with Crippen molar-refractivity contribution in [2.24, 2.45) is 5.73 Å². The molecule has 0 aliphatic heterocycles. The minimum absolute atomic E-state index is 0.167. The second-order valence-electron chi connectivity index (χ2n) is 7.69. The lowest BCUT2D eigenvalue weighted by Crippen LogP contribution is -2.42. The smallest absolute Gasteiger partial charge is 0.407 e. The number of ether oxygens (including phenoxy) is 2. The maximum atomic E-state index is 11.9. The van der Waals surface area contributed by atoms with Crippen LogP contribution in [0, 0.1) is 0 Å². The molecule has 0 bridgehead atoms. The van der Waals surface area contributed by atoms with E-state index in [1.807, 2.05) is 0 Å². The number of nitrogens with one attached hydrogen (secondary N) is 1. The van der Waals surface area contributed by atoms with E-state index in [9.17, 15) is 14.4 Å². The van der Waals surface area contributed by atoms with Gasteiger partial charge in [-0.25, -0.2) is 4.79 Å². The van der Waals surface area contributed by atoms with Crippen LogP contribution >= 0.6 is 0 Å². The summed E-state index contributed by atoms with van der Waals surface area (Å²) < 4.78 is 10.8. The molecular formula is C19H36N2O6. The number of aliphatic carboxylic acids is 1. The number of carboxylic acids is 1. The Kier molecular flexibility index (Phi) is 13.3. The van der Waals surface area contributed by atoms with Gasteiger partial charge in [0.25, 0.3) is 0 Å². The lowest BCUT2D eigenvalue weighted by Gasteiger charge is -2.23. The number of amides is 2. The van der Waals surface area contributed by atoms with E-state index in [0.29, 0.717) is 19.6 Å². The Bertz CT molecular complexity index is 448. The molecule has 2 amide bonds. The molecule has 0 saturated carbocycles. The van der Waals surface area contributed by atoms with Gasteiger partial charge in [-0.3, -0.25) is 9.59 Å². The summed E-state index contributed by atoms with van der Waals surface area (Å²) in [4.78, 5) is 33.3. The van der Waals surface area contributed by atoms with Crippen molar-refractivity contribution in [3.05, 3.63) is 0 Å². The van der Waals surface area contributed by atoms with Crippen molar-refractivity contribution < 1.29 is 29.0 Å². The number of alkyl carbamates (subject to hydrolysis) is 1. The van der Waals surface area contributed by atoms with Crippen molar-refractivity contribution in [2.75, 3.05) is 13.2 Å². The Hall–Kier alpha value is -1.83. The second kappa shape index (κ2) is 14.3. The molecule has 0 aromatic heterocycles. The number of carbonyl (C=O) groups excluding carboxylic acids is 2. The molecule has 0 aliphatic carbocycles. The first-order valence-electron chi connectivity index (χ1n) is 9.67. The summed E-state index contributed by atoms with van der Waals surface area (Å²) in [6.07, 6.45) is 5.90. The Morgan fingerprint density at radius 3 is 2.15 bits per heavy atom. The van der Waals surface area contributed by atoms with Gasteiger partial charge in [0.1, 0.15) is 5.60 Å². The molecule has 0 radical (unpaired) electrons. The number of unbranched alkanes of at least 4 members (excludes halogenated alkanes) is 5. The molecule has 0 rings (SSSR count). The van der Waals surface area contributed by atoms with Gasteiger partial charge in [0.2, 0.25) is 5.91 Å². The van der Waals surface area contributed by atoms with Gasteiger partial charge in [-0.1, -0.05) is 25.7 Å². The van der Waals surface area contributed by atoms with Crippen LogP contribution in [-0.4, -0.2) is 47.9 Å². The van der Waals surface area contributed by atoms with Crippen LogP contribution in [0.2, 0.25) is 0 Å². The third kappa shape index (κ3) is 18.8. The van der Waals surface area contributed by atoms with Crippen LogP contribution in [0.15, 0.2) is 0 Å². The van der Waals surface area contributed by atoms with Gasteiger partial charge in [-0.15, -0.1) is 0 Å². The van der Waals surface area contributed by atoms with E-state index in [0.717, 1.165) is 38.5 Å². The molecule has 8 nitrogen and oxygen atoms in total. The molecular weight excluding hydrogens is 352 g/mol. The number of hydrogen-bond donors (Lipinski definition) is 3. The number of carboxylic acid groups (broad SMARTS) is 1. The summed E-state index contributed by atoms with van der Waals surface area (Å²) >= 11 is 0. The van der Waals surface area contributed by atoms with Crippen molar-refractivity contribution in [3.8, 4) is 0 Å². The van der Waals surface area contributed by atoms with Gasteiger partial charge in [0, 0.05) is 19.4 Å². The summed E-state index contributed by atoms with van der Waals surface area (Å²) in [6, 6.07) is -0.330. The van der Waals surface area contributed by atoms with Crippen LogP contribution < -0.4 is 11.1 Å². The van der Waals surface area contributed by atoms with Crippen LogP contribution in [0.25, 0.3) is 0 Å². The summed E-state index contributed by atoms with van der Waals surface area (Å²) in [7, 11) is 0. The second-order valence-corrected chi connectivity index (χ2v) is 7.69. The Morgan fingerprint density at radius 2 is 1.59 bits per heavy atom. The van der Waals surface area contributed by atoms with Crippen LogP contribution in [-0.2, 0) is 19.1 Å². The fraction of sp³-hybridized carbons (Fsp3) is 0.842. The zero-order chi connectivity index (χ0) is 20.7. The first-order valence-corrected chi connectivity index (χ1v) is 9.67. The monoisotopic (exact) mass is 388 g/mol. The fourth-order valence-electron chi connectivity index (χ4n) is 2.40. The molecule has 1 atom stereocenters. The van der Waals surface area contributed by atoms with E-state index >= 15 is 0 Å². The maximum Gasteiger partial charge on any atom is 0.407 e. The number of carbonyl (C=O) groups is 3. The Labute approximate surface area is 162 Å². The van der Waals surface area contributed by atoms with Crippen LogP contribution in [0.1, 0.15) is 78.6 Å². The topological polar surface area (TPSA) is 128 Å². The van der Waals surface area contributed by atoms with Gasteiger partial charge in [0.15, 0.2) is 0 Å². The van der Waals surface area contributed by atoms with Gasteiger partial charge in [-0.05, 0) is 40.0 Å². The zero-order valence-corrected chi connectivity index (χ0v) is 16.9. The highest BCUT2D eigenvalue weighted by molar-refractivity contribution is 5.74. The molecule has 0 unspecified atom stereocenters. The molecule has 8 heteroatoms. The number of nitrogens with two attached hydrogens (primary N) is 1. The Morgan fingerprint density at radius 1 is 1.00 bits per heavy atom. The van der Waals surface area contributed by atoms with E-state index in [2.05, 4.69) is 5.32 Å². The van der Waals surface area contributed by atoms with Gasteiger partial charge in [0.05, 0.1) is 12.6 Å². The van der Waals surface area contributed by atoms with Crippen molar-refractivity contribution >= 4 is 18.0 Å². The molecule has 0 aliphatic rings. The number of hydrogen-bond acceptors (Lipinski definition) is 5. The molecule has 0 heterocycles. The van der Waals surface area contributed by atoms with E-state index < -0.39 is 23.6 Å². The first-order chi connectivity index (χ1) is 12.6. The van der Waals surface area contributed by atoms with Crippen LogP contribution in [0.4, 0.5) is 4.79 Å². The third-order valence-electron chi connectivity index (χ3n) is 3.71.